The zero-order valence-electron chi connectivity index (χ0n) is 12.7. The van der Waals surface area contributed by atoms with Gasteiger partial charge >= 0.3 is 0 Å². The van der Waals surface area contributed by atoms with Crippen molar-refractivity contribution in [1.82, 2.24) is 0 Å². The summed E-state index contributed by atoms with van der Waals surface area (Å²) in [6.45, 7) is 2.99. The van der Waals surface area contributed by atoms with Crippen molar-refractivity contribution in [2.45, 2.75) is 25.7 Å². The number of rotatable bonds is 7. The molecule has 2 aromatic rings. The van der Waals surface area contributed by atoms with Crippen LogP contribution in [0.15, 0.2) is 42.5 Å². The van der Waals surface area contributed by atoms with Crippen LogP contribution in [0.1, 0.15) is 29.9 Å². The maximum Gasteiger partial charge on any atom is 0.167 e. The molecule has 118 valence electrons. The summed E-state index contributed by atoms with van der Waals surface area (Å²) >= 11 is 0. The number of benzene rings is 2. The van der Waals surface area contributed by atoms with Gasteiger partial charge in [-0.2, -0.15) is 0 Å². The molecule has 0 fully saturated rings. The molecule has 0 amide bonds. The lowest BCUT2D eigenvalue weighted by molar-refractivity contribution is 0.287. The molecule has 22 heavy (non-hydrogen) atoms. The smallest absolute Gasteiger partial charge is 0.167 e. The van der Waals surface area contributed by atoms with Gasteiger partial charge in [0, 0.05) is 6.07 Å². The van der Waals surface area contributed by atoms with Gasteiger partial charge in [-0.05, 0) is 49.9 Å². The van der Waals surface area contributed by atoms with Gasteiger partial charge in [0.25, 0.3) is 0 Å². The zero-order chi connectivity index (χ0) is 15.9. The average Bonchev–Trinajstić information content (AvgIpc) is 2.50. The first-order chi connectivity index (χ1) is 10.6. The van der Waals surface area contributed by atoms with Crippen LogP contribution < -0.4 is 10.5 Å². The summed E-state index contributed by atoms with van der Waals surface area (Å²) in [6.07, 6.45) is 1.62. The van der Waals surface area contributed by atoms with E-state index in [1.165, 1.54) is 23.3 Å². The van der Waals surface area contributed by atoms with Crippen molar-refractivity contribution >= 4 is 0 Å². The van der Waals surface area contributed by atoms with Crippen molar-refractivity contribution in [3.05, 3.63) is 65.2 Å². The van der Waals surface area contributed by atoms with Crippen LogP contribution in [0.5, 0.6) is 5.75 Å². The van der Waals surface area contributed by atoms with E-state index in [9.17, 15) is 8.78 Å². The summed E-state index contributed by atoms with van der Waals surface area (Å²) in [5.74, 6) is -0.926. The van der Waals surface area contributed by atoms with Crippen molar-refractivity contribution in [3.8, 4) is 5.75 Å². The van der Waals surface area contributed by atoms with Crippen molar-refractivity contribution in [3.63, 3.8) is 0 Å². The lowest BCUT2D eigenvalue weighted by Crippen LogP contribution is -2.14. The first kappa shape index (κ1) is 16.4. The number of halogens is 2. The molecule has 0 heterocycles. The third-order valence-corrected chi connectivity index (χ3v) is 3.68. The molecule has 2 nitrogen and oxygen atoms in total. The molecule has 0 bridgehead atoms. The van der Waals surface area contributed by atoms with Crippen LogP contribution in [-0.4, -0.2) is 13.2 Å². The second kappa shape index (κ2) is 7.90. The van der Waals surface area contributed by atoms with Crippen molar-refractivity contribution in [1.29, 1.82) is 0 Å². The number of aryl methyl sites for hydroxylation is 1. The zero-order valence-corrected chi connectivity index (χ0v) is 12.7. The molecule has 0 radical (unpaired) electrons. The standard InChI is InChI=1S/C18H21F2NO/c1-13-4-6-14(7-5-13)15(12-21)3-2-10-22-18-9-8-16(19)11-17(18)20/h4-9,11,15H,2-3,10,12,21H2,1H3. The third-order valence-electron chi connectivity index (χ3n) is 3.68. The van der Waals surface area contributed by atoms with Crippen molar-refractivity contribution < 1.29 is 13.5 Å². The molecule has 2 N–H and O–H groups in total. The van der Waals surface area contributed by atoms with E-state index in [-0.39, 0.29) is 11.7 Å². The fourth-order valence-corrected chi connectivity index (χ4v) is 2.36. The van der Waals surface area contributed by atoms with Crippen LogP contribution in [0.2, 0.25) is 0 Å². The summed E-state index contributed by atoms with van der Waals surface area (Å²) < 4.78 is 31.6. The van der Waals surface area contributed by atoms with Gasteiger partial charge in [0.2, 0.25) is 0 Å². The molecule has 4 heteroatoms. The Bertz CT molecular complexity index is 599. The minimum absolute atomic E-state index is 0.0843. The molecule has 0 aliphatic heterocycles. The van der Waals surface area contributed by atoms with Crippen LogP contribution in [0.3, 0.4) is 0 Å². The van der Waals surface area contributed by atoms with Gasteiger partial charge in [-0.25, -0.2) is 8.78 Å². The van der Waals surface area contributed by atoms with E-state index in [0.717, 1.165) is 18.9 Å². The molecule has 0 aliphatic rings. The van der Waals surface area contributed by atoms with Gasteiger partial charge in [0.15, 0.2) is 11.6 Å². The third kappa shape index (κ3) is 4.53. The minimum Gasteiger partial charge on any atom is -0.491 e. The molecule has 0 saturated carbocycles. The highest BCUT2D eigenvalue weighted by Crippen LogP contribution is 2.22. The normalized spacial score (nSPS) is 12.2. The first-order valence-corrected chi connectivity index (χ1v) is 7.44. The van der Waals surface area contributed by atoms with Gasteiger partial charge in [-0.1, -0.05) is 29.8 Å². The van der Waals surface area contributed by atoms with Gasteiger partial charge in [0.05, 0.1) is 6.61 Å². The van der Waals surface area contributed by atoms with Crippen LogP contribution >= 0.6 is 0 Å². The quantitative estimate of drug-likeness (QED) is 0.779. The van der Waals surface area contributed by atoms with Crippen molar-refractivity contribution in [2.24, 2.45) is 5.73 Å². The maximum absolute atomic E-state index is 13.4. The van der Waals surface area contributed by atoms with Gasteiger partial charge in [-0.15, -0.1) is 0 Å². The van der Waals surface area contributed by atoms with Crippen LogP contribution in [0.25, 0.3) is 0 Å². The largest absolute Gasteiger partial charge is 0.491 e. The molecule has 1 unspecified atom stereocenters. The monoisotopic (exact) mass is 305 g/mol. The predicted octanol–water partition coefficient (Wildman–Crippen LogP) is 4.17. The summed E-state index contributed by atoms with van der Waals surface area (Å²) in [7, 11) is 0. The Balaban J connectivity index is 1.82. The first-order valence-electron chi connectivity index (χ1n) is 7.44. The Morgan fingerprint density at radius 1 is 1.09 bits per heavy atom. The Labute approximate surface area is 129 Å². The van der Waals surface area contributed by atoms with E-state index in [0.29, 0.717) is 13.2 Å². The molecule has 0 aromatic heterocycles. The molecular weight excluding hydrogens is 284 g/mol. The highest BCUT2D eigenvalue weighted by molar-refractivity contribution is 5.25. The fourth-order valence-electron chi connectivity index (χ4n) is 2.36. The van der Waals surface area contributed by atoms with E-state index in [4.69, 9.17) is 10.5 Å². The van der Waals surface area contributed by atoms with Crippen LogP contribution in [0, 0.1) is 18.6 Å². The predicted molar refractivity (Wildman–Crippen MR) is 84.1 cm³/mol. The molecular formula is C18H21F2NO. The minimum atomic E-state index is -0.672. The molecule has 0 saturated heterocycles. The SMILES string of the molecule is Cc1ccc(C(CN)CCCOc2ccc(F)cc2F)cc1. The Kier molecular flexibility index (Phi) is 5.90. The van der Waals surface area contributed by atoms with Gasteiger partial charge in [0.1, 0.15) is 5.82 Å². The second-order valence-electron chi connectivity index (χ2n) is 5.41. The Morgan fingerprint density at radius 2 is 1.82 bits per heavy atom. The topological polar surface area (TPSA) is 35.2 Å². The molecule has 0 aliphatic carbocycles. The van der Waals surface area contributed by atoms with E-state index < -0.39 is 11.6 Å². The molecule has 2 rings (SSSR count). The van der Waals surface area contributed by atoms with Crippen LogP contribution in [-0.2, 0) is 0 Å². The Morgan fingerprint density at radius 3 is 2.45 bits per heavy atom. The average molecular weight is 305 g/mol. The summed E-state index contributed by atoms with van der Waals surface area (Å²) in [4.78, 5) is 0. The van der Waals surface area contributed by atoms with E-state index in [1.54, 1.807) is 0 Å². The Hall–Kier alpha value is -1.94. The fraction of sp³-hybridized carbons (Fsp3) is 0.333. The lowest BCUT2D eigenvalue weighted by atomic mass is 9.94. The number of hydrogen-bond donors (Lipinski definition) is 1. The van der Waals surface area contributed by atoms with E-state index in [2.05, 4.69) is 24.3 Å². The number of ether oxygens (including phenoxy) is 1. The van der Waals surface area contributed by atoms with Gasteiger partial charge < -0.3 is 10.5 Å². The maximum atomic E-state index is 13.4. The van der Waals surface area contributed by atoms with E-state index in [1.807, 2.05) is 6.92 Å². The van der Waals surface area contributed by atoms with E-state index >= 15 is 0 Å². The summed E-state index contributed by atoms with van der Waals surface area (Å²) in [6, 6.07) is 11.6. The number of nitrogens with two attached hydrogens (primary N) is 1. The molecule has 0 spiro atoms. The highest BCUT2D eigenvalue weighted by Gasteiger charge is 2.10. The molecule has 2 aromatic carbocycles. The van der Waals surface area contributed by atoms with Crippen LogP contribution in [0.4, 0.5) is 8.78 Å². The lowest BCUT2D eigenvalue weighted by Gasteiger charge is -2.16. The summed E-state index contributed by atoms with van der Waals surface area (Å²) in [5, 5.41) is 0. The highest BCUT2D eigenvalue weighted by atomic mass is 19.1. The van der Waals surface area contributed by atoms with Crippen molar-refractivity contribution in [2.75, 3.05) is 13.2 Å². The summed E-state index contributed by atoms with van der Waals surface area (Å²) in [5.41, 5.74) is 8.26. The second-order valence-corrected chi connectivity index (χ2v) is 5.41. The number of hydrogen-bond acceptors (Lipinski definition) is 2. The molecule has 1 atom stereocenters. The van der Waals surface area contributed by atoms with Gasteiger partial charge in [-0.3, -0.25) is 0 Å².